The highest BCUT2D eigenvalue weighted by atomic mass is 16.5. The van der Waals surface area contributed by atoms with Crippen LogP contribution in [0.4, 0.5) is 0 Å². The molecule has 2 aromatic rings. The molecule has 0 bridgehead atoms. The van der Waals surface area contributed by atoms with E-state index < -0.39 is 0 Å². The van der Waals surface area contributed by atoms with Crippen molar-refractivity contribution in [2.24, 2.45) is 4.99 Å². The molecule has 1 saturated carbocycles. The topological polar surface area (TPSA) is 92.8 Å². The third-order valence-corrected chi connectivity index (χ3v) is 6.33. The Morgan fingerprint density at radius 1 is 1.16 bits per heavy atom. The second-order valence-corrected chi connectivity index (χ2v) is 8.65. The van der Waals surface area contributed by atoms with Crippen molar-refractivity contribution in [2.45, 2.75) is 70.6 Å². The Hall–Kier alpha value is -3.02. The Morgan fingerprint density at radius 2 is 1.97 bits per heavy atom. The average Bonchev–Trinajstić information content (AvgIpc) is 3.22. The third-order valence-electron chi connectivity index (χ3n) is 6.33. The number of hydrogen-bond acceptors (Lipinski definition) is 6. The zero-order chi connectivity index (χ0) is 22.5. The van der Waals surface area contributed by atoms with Crippen molar-refractivity contribution < 1.29 is 19.2 Å². The van der Waals surface area contributed by atoms with Gasteiger partial charge < -0.3 is 9.63 Å². The lowest BCUT2D eigenvalue weighted by Gasteiger charge is -2.20. The molecule has 0 radical (unpaired) electrons. The van der Waals surface area contributed by atoms with Gasteiger partial charge in [-0.3, -0.25) is 14.6 Å². The van der Waals surface area contributed by atoms with Crippen LogP contribution in [-0.4, -0.2) is 34.1 Å². The molecule has 1 N–H and O–H groups in total. The fourth-order valence-corrected chi connectivity index (χ4v) is 4.62. The summed E-state index contributed by atoms with van der Waals surface area (Å²) in [6.07, 6.45) is 5.57. The van der Waals surface area contributed by atoms with E-state index in [-0.39, 0.29) is 29.7 Å². The summed E-state index contributed by atoms with van der Waals surface area (Å²) < 4.78 is 5.54. The van der Waals surface area contributed by atoms with Crippen molar-refractivity contribution >= 4 is 17.3 Å². The maximum atomic E-state index is 12.9. The molecule has 0 spiro atoms. The van der Waals surface area contributed by atoms with E-state index in [2.05, 4.69) is 17.1 Å². The van der Waals surface area contributed by atoms with Crippen LogP contribution in [0, 0.1) is 0 Å². The zero-order valence-electron chi connectivity index (χ0n) is 18.6. The van der Waals surface area contributed by atoms with E-state index in [0.717, 1.165) is 30.5 Å². The number of aliphatic hydroxyl groups excluding tert-OH is 1. The molecule has 4 rings (SSSR count). The number of aliphatic hydroxyl groups is 1. The van der Waals surface area contributed by atoms with Crippen molar-refractivity contribution in [3.8, 4) is 0 Å². The number of allylic oxidation sites excluding steroid dienone is 2. The van der Waals surface area contributed by atoms with Crippen LogP contribution >= 0.6 is 0 Å². The van der Waals surface area contributed by atoms with Gasteiger partial charge in [0.2, 0.25) is 0 Å². The van der Waals surface area contributed by atoms with Gasteiger partial charge in [0.1, 0.15) is 11.5 Å². The SMILES string of the molecule is CCCCN=C1CCCC(=O)/C1=C(/O)CCc1noc2c1C(=O)CC(c1ccccc1)C2. The second kappa shape index (κ2) is 10.1. The maximum absolute atomic E-state index is 12.9. The number of benzene rings is 1. The summed E-state index contributed by atoms with van der Waals surface area (Å²) in [6, 6.07) is 9.98. The van der Waals surface area contributed by atoms with Crippen molar-refractivity contribution in [3.63, 3.8) is 0 Å². The number of rotatable bonds is 7. The number of nitrogens with zero attached hydrogens (tertiary/aromatic N) is 2. The van der Waals surface area contributed by atoms with Gasteiger partial charge in [0.15, 0.2) is 11.6 Å². The first-order valence-corrected chi connectivity index (χ1v) is 11.6. The summed E-state index contributed by atoms with van der Waals surface area (Å²) in [6.45, 7) is 2.77. The molecule has 0 saturated heterocycles. The number of fused-ring (bicyclic) bond motifs is 1. The van der Waals surface area contributed by atoms with E-state index in [4.69, 9.17) is 4.52 Å². The van der Waals surface area contributed by atoms with Gasteiger partial charge in [0.05, 0.1) is 16.8 Å². The molecular weight excluding hydrogens is 404 g/mol. The van der Waals surface area contributed by atoms with E-state index in [1.807, 2.05) is 30.3 Å². The van der Waals surface area contributed by atoms with Crippen LogP contribution in [0.1, 0.15) is 85.2 Å². The van der Waals surface area contributed by atoms with Crippen molar-refractivity contribution in [1.82, 2.24) is 5.16 Å². The molecule has 1 atom stereocenters. The highest BCUT2D eigenvalue weighted by molar-refractivity contribution is 6.24. The minimum Gasteiger partial charge on any atom is -0.511 e. The van der Waals surface area contributed by atoms with E-state index in [0.29, 0.717) is 61.2 Å². The Kier molecular flexibility index (Phi) is 6.98. The lowest BCUT2D eigenvalue weighted by Crippen LogP contribution is -2.22. The lowest BCUT2D eigenvalue weighted by molar-refractivity contribution is -0.115. The number of hydrogen-bond donors (Lipinski definition) is 1. The summed E-state index contributed by atoms with van der Waals surface area (Å²) in [5.74, 6) is 0.737. The Morgan fingerprint density at radius 3 is 2.75 bits per heavy atom. The van der Waals surface area contributed by atoms with Crippen molar-refractivity contribution in [2.75, 3.05) is 6.54 Å². The molecule has 32 heavy (non-hydrogen) atoms. The molecule has 1 aromatic carbocycles. The van der Waals surface area contributed by atoms with E-state index in [9.17, 15) is 14.7 Å². The molecule has 0 amide bonds. The number of unbranched alkanes of at least 4 members (excludes halogenated alkanes) is 1. The van der Waals surface area contributed by atoms with Crippen LogP contribution in [0.2, 0.25) is 0 Å². The molecule has 168 valence electrons. The summed E-state index contributed by atoms with van der Waals surface area (Å²) >= 11 is 0. The summed E-state index contributed by atoms with van der Waals surface area (Å²) in [5.41, 5.74) is 3.34. The maximum Gasteiger partial charge on any atom is 0.168 e. The van der Waals surface area contributed by atoms with Crippen molar-refractivity contribution in [3.05, 3.63) is 64.2 Å². The minimum atomic E-state index is -0.0482. The van der Waals surface area contributed by atoms with E-state index in [1.54, 1.807) is 0 Å². The normalized spacial score (nSPS) is 21.7. The number of carbonyl (C=O) groups is 2. The van der Waals surface area contributed by atoms with Crippen LogP contribution in [-0.2, 0) is 17.6 Å². The quantitative estimate of drug-likeness (QED) is 0.361. The number of aliphatic imine (C=N–C) groups is 1. The molecule has 1 aromatic heterocycles. The van der Waals surface area contributed by atoms with Gasteiger partial charge in [-0.2, -0.15) is 0 Å². The Balaban J connectivity index is 1.50. The number of aromatic nitrogens is 1. The first-order chi connectivity index (χ1) is 15.6. The highest BCUT2D eigenvalue weighted by Gasteiger charge is 2.33. The van der Waals surface area contributed by atoms with E-state index >= 15 is 0 Å². The van der Waals surface area contributed by atoms with Gasteiger partial charge in [-0.05, 0) is 30.7 Å². The number of aryl methyl sites for hydroxylation is 1. The molecule has 0 aliphatic heterocycles. The molecule has 6 nitrogen and oxygen atoms in total. The van der Waals surface area contributed by atoms with Crippen LogP contribution in [0.5, 0.6) is 0 Å². The van der Waals surface area contributed by atoms with Gasteiger partial charge in [0.25, 0.3) is 0 Å². The highest BCUT2D eigenvalue weighted by Crippen LogP contribution is 2.35. The first kappa shape index (κ1) is 22.2. The molecule has 6 heteroatoms. The molecular formula is C26H30N2O4. The first-order valence-electron chi connectivity index (χ1n) is 11.6. The van der Waals surface area contributed by atoms with Gasteiger partial charge in [-0.15, -0.1) is 0 Å². The standard InChI is InChI=1S/C26H30N2O4/c1-2-3-14-27-19-10-7-11-21(29)25(19)22(30)13-12-20-26-23(31)15-18(16-24(26)32-28-20)17-8-5-4-6-9-17/h4-6,8-9,18,30H,2-3,7,10-16H2,1H3/b25-22+,27-19?. The van der Waals surface area contributed by atoms with Gasteiger partial charge >= 0.3 is 0 Å². The summed E-state index contributed by atoms with van der Waals surface area (Å²) in [4.78, 5) is 30.0. The molecule has 1 unspecified atom stereocenters. The minimum absolute atomic E-state index is 0.0269. The van der Waals surface area contributed by atoms with Crippen LogP contribution < -0.4 is 0 Å². The smallest absolute Gasteiger partial charge is 0.168 e. The average molecular weight is 435 g/mol. The van der Waals surface area contributed by atoms with Crippen LogP contribution in [0.25, 0.3) is 0 Å². The third kappa shape index (κ3) is 4.74. The zero-order valence-corrected chi connectivity index (χ0v) is 18.6. The Bertz CT molecular complexity index is 1050. The van der Waals surface area contributed by atoms with E-state index in [1.165, 1.54) is 0 Å². The monoisotopic (exact) mass is 434 g/mol. The van der Waals surface area contributed by atoms with Gasteiger partial charge in [0, 0.05) is 44.4 Å². The van der Waals surface area contributed by atoms with Gasteiger partial charge in [-0.1, -0.05) is 48.8 Å². The molecule has 1 fully saturated rings. The largest absolute Gasteiger partial charge is 0.511 e. The number of carbonyl (C=O) groups excluding carboxylic acids is 2. The second-order valence-electron chi connectivity index (χ2n) is 8.65. The number of ketones is 2. The summed E-state index contributed by atoms with van der Waals surface area (Å²) in [7, 11) is 0. The lowest BCUT2D eigenvalue weighted by atomic mass is 9.81. The predicted octanol–water partition coefficient (Wildman–Crippen LogP) is 5.33. The summed E-state index contributed by atoms with van der Waals surface area (Å²) in [5, 5.41) is 14.9. The van der Waals surface area contributed by atoms with Crippen LogP contribution in [0.15, 0.2) is 51.2 Å². The van der Waals surface area contributed by atoms with Crippen molar-refractivity contribution in [1.29, 1.82) is 0 Å². The molecule has 2 aliphatic carbocycles. The fraction of sp³-hybridized carbons (Fsp3) is 0.462. The number of Topliss-reactive ketones (excluding diaryl/α,β-unsaturated/α-hetero) is 2. The van der Waals surface area contributed by atoms with Gasteiger partial charge in [-0.25, -0.2) is 0 Å². The predicted molar refractivity (Wildman–Crippen MR) is 122 cm³/mol. The fourth-order valence-electron chi connectivity index (χ4n) is 4.62. The molecule has 1 heterocycles. The molecule has 2 aliphatic rings. The van der Waals surface area contributed by atoms with Crippen LogP contribution in [0.3, 0.4) is 0 Å². The Labute approximate surface area is 188 Å².